The van der Waals surface area contributed by atoms with Crippen molar-refractivity contribution in [3.8, 4) is 5.88 Å². The van der Waals surface area contributed by atoms with Crippen molar-refractivity contribution in [2.45, 2.75) is 23.8 Å². The number of sulfonamides is 1. The smallest absolute Gasteiger partial charge is 0.243 e. The van der Waals surface area contributed by atoms with Crippen LogP contribution in [0.2, 0.25) is 0 Å². The van der Waals surface area contributed by atoms with Gasteiger partial charge in [0.1, 0.15) is 6.10 Å². The molecule has 0 saturated carbocycles. The van der Waals surface area contributed by atoms with Crippen LogP contribution < -0.4 is 9.64 Å². The van der Waals surface area contributed by atoms with Crippen LogP contribution in [-0.4, -0.2) is 56.2 Å². The molecule has 146 valence electrons. The standard InChI is InChI=1S/C17H20F2N4O3S/c1-22(2)16-7-8-17(21-20-16)26-12-4-3-9-23(11-12)27(24,25)13-5-6-14(18)15(19)10-13/h5-8,10,12H,3-4,9,11H2,1-2H3. The van der Waals surface area contributed by atoms with Gasteiger partial charge in [-0.25, -0.2) is 17.2 Å². The molecule has 0 amide bonds. The van der Waals surface area contributed by atoms with E-state index in [1.54, 1.807) is 17.0 Å². The van der Waals surface area contributed by atoms with Gasteiger partial charge in [0.05, 0.1) is 11.4 Å². The summed E-state index contributed by atoms with van der Waals surface area (Å²) >= 11 is 0. The molecule has 0 bridgehead atoms. The monoisotopic (exact) mass is 398 g/mol. The molecule has 0 radical (unpaired) electrons. The number of ether oxygens (including phenoxy) is 1. The molecule has 1 unspecified atom stereocenters. The molecule has 27 heavy (non-hydrogen) atoms. The maximum atomic E-state index is 13.4. The average Bonchev–Trinajstić information content (AvgIpc) is 2.64. The predicted molar refractivity (Wildman–Crippen MR) is 95.1 cm³/mol. The van der Waals surface area contributed by atoms with Crippen molar-refractivity contribution in [1.82, 2.24) is 14.5 Å². The van der Waals surface area contributed by atoms with Crippen molar-refractivity contribution in [2.75, 3.05) is 32.1 Å². The summed E-state index contributed by atoms with van der Waals surface area (Å²) in [7, 11) is -0.261. The zero-order chi connectivity index (χ0) is 19.6. The van der Waals surface area contributed by atoms with E-state index in [2.05, 4.69) is 10.2 Å². The van der Waals surface area contributed by atoms with E-state index in [9.17, 15) is 17.2 Å². The first-order valence-corrected chi connectivity index (χ1v) is 9.84. The Labute approximate surface area is 156 Å². The molecule has 3 rings (SSSR count). The minimum absolute atomic E-state index is 0.0957. The van der Waals surface area contributed by atoms with Gasteiger partial charge in [-0.05, 0) is 37.1 Å². The molecule has 7 nitrogen and oxygen atoms in total. The van der Waals surface area contributed by atoms with Gasteiger partial charge >= 0.3 is 0 Å². The zero-order valence-electron chi connectivity index (χ0n) is 15.0. The molecule has 0 spiro atoms. The van der Waals surface area contributed by atoms with Gasteiger partial charge in [0, 0.05) is 26.7 Å². The van der Waals surface area contributed by atoms with Crippen LogP contribution in [0.5, 0.6) is 5.88 Å². The highest BCUT2D eigenvalue weighted by atomic mass is 32.2. The molecule has 1 fully saturated rings. The lowest BCUT2D eigenvalue weighted by Gasteiger charge is -2.31. The molecule has 1 aromatic carbocycles. The van der Waals surface area contributed by atoms with E-state index in [0.29, 0.717) is 30.6 Å². The number of aromatic nitrogens is 2. The molecule has 1 aliphatic rings. The summed E-state index contributed by atoms with van der Waals surface area (Å²) in [4.78, 5) is 1.52. The van der Waals surface area contributed by atoms with Crippen molar-refractivity contribution in [3.05, 3.63) is 42.0 Å². The van der Waals surface area contributed by atoms with Crippen molar-refractivity contribution in [2.24, 2.45) is 0 Å². The number of benzene rings is 1. The van der Waals surface area contributed by atoms with E-state index in [1.807, 2.05) is 14.1 Å². The fourth-order valence-electron chi connectivity index (χ4n) is 2.79. The summed E-state index contributed by atoms with van der Waals surface area (Å²) in [6.45, 7) is 0.380. The molecule has 10 heteroatoms. The molecule has 0 aliphatic carbocycles. The Morgan fingerprint density at radius 3 is 2.56 bits per heavy atom. The number of anilines is 1. The van der Waals surface area contributed by atoms with E-state index in [-0.39, 0.29) is 18.0 Å². The van der Waals surface area contributed by atoms with Crippen molar-refractivity contribution >= 4 is 15.8 Å². The Hall–Kier alpha value is -2.33. The highest BCUT2D eigenvalue weighted by Crippen LogP contribution is 2.24. The summed E-state index contributed by atoms with van der Waals surface area (Å²) in [5.74, 6) is -1.31. The Morgan fingerprint density at radius 2 is 1.93 bits per heavy atom. The third kappa shape index (κ3) is 4.33. The lowest BCUT2D eigenvalue weighted by molar-refractivity contribution is 0.123. The summed E-state index contributed by atoms with van der Waals surface area (Å²) in [6.07, 6.45) is 0.829. The lowest BCUT2D eigenvalue weighted by atomic mass is 10.1. The number of nitrogens with zero attached hydrogens (tertiary/aromatic N) is 4. The van der Waals surface area contributed by atoms with Crippen LogP contribution in [-0.2, 0) is 10.0 Å². The number of hydrogen-bond donors (Lipinski definition) is 0. The van der Waals surface area contributed by atoms with Crippen LogP contribution in [0.1, 0.15) is 12.8 Å². The minimum atomic E-state index is -3.94. The van der Waals surface area contributed by atoms with E-state index in [0.717, 1.165) is 12.1 Å². The van der Waals surface area contributed by atoms with Gasteiger partial charge in [0.25, 0.3) is 0 Å². The average molecular weight is 398 g/mol. The molecular weight excluding hydrogens is 378 g/mol. The SMILES string of the molecule is CN(C)c1ccc(OC2CCCN(S(=O)(=O)c3ccc(F)c(F)c3)C2)nn1. The van der Waals surface area contributed by atoms with E-state index in [1.165, 1.54) is 4.31 Å². The van der Waals surface area contributed by atoms with Crippen molar-refractivity contribution in [3.63, 3.8) is 0 Å². The maximum absolute atomic E-state index is 13.4. The topological polar surface area (TPSA) is 75.6 Å². The molecular formula is C17H20F2N4O3S. The summed E-state index contributed by atoms with van der Waals surface area (Å²) in [5.41, 5.74) is 0. The van der Waals surface area contributed by atoms with Crippen LogP contribution in [0, 0.1) is 11.6 Å². The van der Waals surface area contributed by atoms with Gasteiger partial charge in [-0.1, -0.05) is 0 Å². The van der Waals surface area contributed by atoms with E-state index in [4.69, 9.17) is 4.74 Å². The molecule has 0 N–H and O–H groups in total. The van der Waals surface area contributed by atoms with Crippen LogP contribution in [0.3, 0.4) is 0 Å². The first-order chi connectivity index (χ1) is 12.8. The Kier molecular flexibility index (Phi) is 5.56. The van der Waals surface area contributed by atoms with Crippen LogP contribution in [0.4, 0.5) is 14.6 Å². The second kappa shape index (κ2) is 7.73. The molecule has 1 saturated heterocycles. The Bertz CT molecular complexity index is 907. The highest BCUT2D eigenvalue weighted by Gasteiger charge is 2.32. The van der Waals surface area contributed by atoms with Crippen LogP contribution >= 0.6 is 0 Å². The lowest BCUT2D eigenvalue weighted by Crippen LogP contribution is -2.44. The van der Waals surface area contributed by atoms with Gasteiger partial charge in [0.15, 0.2) is 17.5 Å². The van der Waals surface area contributed by atoms with Gasteiger partial charge < -0.3 is 9.64 Å². The first kappa shape index (κ1) is 19.4. The number of piperidine rings is 1. The summed E-state index contributed by atoms with van der Waals surface area (Å²) < 4.78 is 58.9. The molecule has 1 aliphatic heterocycles. The van der Waals surface area contributed by atoms with Crippen LogP contribution in [0.15, 0.2) is 35.2 Å². The Morgan fingerprint density at radius 1 is 1.15 bits per heavy atom. The maximum Gasteiger partial charge on any atom is 0.243 e. The van der Waals surface area contributed by atoms with E-state index >= 15 is 0 Å². The fourth-order valence-corrected chi connectivity index (χ4v) is 4.31. The fraction of sp³-hybridized carbons (Fsp3) is 0.412. The first-order valence-electron chi connectivity index (χ1n) is 8.40. The van der Waals surface area contributed by atoms with E-state index < -0.39 is 27.8 Å². The third-order valence-electron chi connectivity index (χ3n) is 4.24. The molecule has 2 aromatic rings. The van der Waals surface area contributed by atoms with Gasteiger partial charge in [-0.2, -0.15) is 4.31 Å². The minimum Gasteiger partial charge on any atom is -0.472 e. The zero-order valence-corrected chi connectivity index (χ0v) is 15.8. The number of halogens is 2. The number of hydrogen-bond acceptors (Lipinski definition) is 6. The predicted octanol–water partition coefficient (Wildman–Crippen LogP) is 2.05. The molecule has 1 aromatic heterocycles. The molecule has 1 atom stereocenters. The number of rotatable bonds is 5. The van der Waals surface area contributed by atoms with Crippen molar-refractivity contribution < 1.29 is 21.9 Å². The molecule has 2 heterocycles. The van der Waals surface area contributed by atoms with Crippen molar-refractivity contribution in [1.29, 1.82) is 0 Å². The summed E-state index contributed by atoms with van der Waals surface area (Å²) in [5, 5.41) is 8.01. The second-order valence-corrected chi connectivity index (χ2v) is 8.38. The van der Waals surface area contributed by atoms with Gasteiger partial charge in [-0.15, -0.1) is 10.2 Å². The normalized spacial score (nSPS) is 18.3. The highest BCUT2D eigenvalue weighted by molar-refractivity contribution is 7.89. The largest absolute Gasteiger partial charge is 0.472 e. The quantitative estimate of drug-likeness (QED) is 0.767. The van der Waals surface area contributed by atoms with Crippen LogP contribution in [0.25, 0.3) is 0 Å². The third-order valence-corrected chi connectivity index (χ3v) is 6.10. The van der Waals surface area contributed by atoms with Gasteiger partial charge in [0.2, 0.25) is 15.9 Å². The second-order valence-electron chi connectivity index (χ2n) is 6.45. The van der Waals surface area contributed by atoms with Gasteiger partial charge in [-0.3, -0.25) is 0 Å². The Balaban J connectivity index is 1.72. The summed E-state index contributed by atoms with van der Waals surface area (Å²) in [6, 6.07) is 5.98.